The number of aromatic nitrogens is 5. The van der Waals surface area contributed by atoms with Crippen molar-refractivity contribution in [2.24, 2.45) is 0 Å². The smallest absolute Gasteiger partial charge is 0.353 e. The molecule has 0 saturated heterocycles. The zero-order chi connectivity index (χ0) is 25.2. The van der Waals surface area contributed by atoms with Gasteiger partial charge < -0.3 is 14.8 Å². The number of anilines is 2. The number of aromatic amines is 1. The molecule has 10 heteroatoms. The van der Waals surface area contributed by atoms with E-state index in [4.69, 9.17) is 0 Å². The Morgan fingerprint density at radius 3 is 2.30 bits per heavy atom. The molecule has 0 atom stereocenters. The Bertz CT molecular complexity index is 1510. The number of fused-ring (bicyclic) bond motifs is 3. The molecule has 1 aromatic carbocycles. The Morgan fingerprint density at radius 2 is 1.62 bits per heavy atom. The highest BCUT2D eigenvalue weighted by Crippen LogP contribution is 2.38. The number of nitrogens with one attached hydrogen (secondary N) is 1. The number of nitrogens with zero attached hydrogens (tertiary/aromatic N) is 7. The van der Waals surface area contributed by atoms with Crippen LogP contribution in [0.5, 0.6) is 0 Å². The molecule has 10 nitrogen and oxygen atoms in total. The van der Waals surface area contributed by atoms with Gasteiger partial charge in [-0.3, -0.25) is 20.1 Å². The standard InChI is InChI=1S/C27H24N8O2/c36-35(37)25-26(33-14-11-22-21-9-1-2-10-23(21)32-24(22)17-33)30-18-31-27(25)34(15-19-7-3-5-12-28-19)16-20-8-4-6-13-29-20/h1-10,12-13,18,32H,11,14-17H2. The molecule has 1 aliphatic rings. The second-order valence-electron chi connectivity index (χ2n) is 8.92. The number of hydrogen-bond donors (Lipinski definition) is 1. The first kappa shape index (κ1) is 22.6. The van der Waals surface area contributed by atoms with E-state index in [1.54, 1.807) is 12.4 Å². The van der Waals surface area contributed by atoms with Crippen LogP contribution in [-0.2, 0) is 26.1 Å². The van der Waals surface area contributed by atoms with Crippen molar-refractivity contribution >= 4 is 28.2 Å². The van der Waals surface area contributed by atoms with Gasteiger partial charge in [0.25, 0.3) is 0 Å². The number of H-pyrrole nitrogens is 1. The van der Waals surface area contributed by atoms with Crippen molar-refractivity contribution in [3.05, 3.63) is 112 Å². The summed E-state index contributed by atoms with van der Waals surface area (Å²) in [7, 11) is 0. The zero-order valence-electron chi connectivity index (χ0n) is 20.0. The van der Waals surface area contributed by atoms with Gasteiger partial charge in [-0.1, -0.05) is 30.3 Å². The second kappa shape index (κ2) is 9.65. The Labute approximate surface area is 212 Å². The molecule has 0 unspecified atom stereocenters. The fraction of sp³-hybridized carbons (Fsp3) is 0.185. The predicted molar refractivity (Wildman–Crippen MR) is 140 cm³/mol. The molecular weight excluding hydrogens is 468 g/mol. The number of benzene rings is 1. The lowest BCUT2D eigenvalue weighted by Crippen LogP contribution is -2.32. The van der Waals surface area contributed by atoms with Crippen LogP contribution in [0.3, 0.4) is 0 Å². The summed E-state index contributed by atoms with van der Waals surface area (Å²) in [5.74, 6) is 0.556. The number of hydrogen-bond acceptors (Lipinski definition) is 8. The first-order valence-electron chi connectivity index (χ1n) is 12.0. The SMILES string of the molecule is O=[N+]([O-])c1c(N(Cc2ccccn2)Cc2ccccn2)ncnc1N1CCc2c([nH]c3ccccc23)C1. The maximum atomic E-state index is 12.5. The maximum absolute atomic E-state index is 12.5. The molecule has 1 aliphatic heterocycles. The molecule has 0 fully saturated rings. The zero-order valence-corrected chi connectivity index (χ0v) is 20.0. The maximum Gasteiger partial charge on any atom is 0.353 e. The predicted octanol–water partition coefficient (Wildman–Crippen LogP) is 4.43. The molecule has 1 N–H and O–H groups in total. The van der Waals surface area contributed by atoms with Crippen molar-refractivity contribution in [2.75, 3.05) is 16.3 Å². The highest BCUT2D eigenvalue weighted by atomic mass is 16.6. The van der Waals surface area contributed by atoms with Crippen molar-refractivity contribution < 1.29 is 4.92 Å². The van der Waals surface area contributed by atoms with Gasteiger partial charge in [-0.15, -0.1) is 0 Å². The second-order valence-corrected chi connectivity index (χ2v) is 8.92. The van der Waals surface area contributed by atoms with Crippen LogP contribution >= 0.6 is 0 Å². The van der Waals surface area contributed by atoms with E-state index in [2.05, 4.69) is 37.1 Å². The normalized spacial score (nSPS) is 12.9. The molecule has 5 heterocycles. The van der Waals surface area contributed by atoms with Crippen molar-refractivity contribution in [3.8, 4) is 0 Å². The van der Waals surface area contributed by atoms with E-state index in [1.807, 2.05) is 58.3 Å². The van der Waals surface area contributed by atoms with Gasteiger partial charge in [0.15, 0.2) is 0 Å². The Morgan fingerprint density at radius 1 is 0.919 bits per heavy atom. The lowest BCUT2D eigenvalue weighted by atomic mass is 10.0. The van der Waals surface area contributed by atoms with E-state index in [1.165, 1.54) is 17.3 Å². The molecule has 0 aliphatic carbocycles. The van der Waals surface area contributed by atoms with E-state index < -0.39 is 0 Å². The number of nitro groups is 1. The summed E-state index contributed by atoms with van der Waals surface area (Å²) < 4.78 is 0. The summed E-state index contributed by atoms with van der Waals surface area (Å²) in [6.45, 7) is 1.79. The van der Waals surface area contributed by atoms with Crippen LogP contribution in [0, 0.1) is 10.1 Å². The third kappa shape index (κ3) is 4.44. The van der Waals surface area contributed by atoms with Crippen molar-refractivity contribution in [3.63, 3.8) is 0 Å². The number of rotatable bonds is 7. The van der Waals surface area contributed by atoms with Crippen molar-refractivity contribution in [2.45, 2.75) is 26.1 Å². The molecule has 0 radical (unpaired) electrons. The van der Waals surface area contributed by atoms with Crippen LogP contribution in [0.1, 0.15) is 22.6 Å². The number of pyridine rings is 2. The van der Waals surface area contributed by atoms with E-state index in [0.29, 0.717) is 32.0 Å². The van der Waals surface area contributed by atoms with Crippen molar-refractivity contribution in [1.29, 1.82) is 0 Å². The van der Waals surface area contributed by atoms with Crippen LogP contribution in [-0.4, -0.2) is 36.4 Å². The Balaban J connectivity index is 1.40. The largest absolute Gasteiger partial charge is 0.357 e. The fourth-order valence-electron chi connectivity index (χ4n) is 4.94. The van der Waals surface area contributed by atoms with Crippen LogP contribution in [0.25, 0.3) is 10.9 Å². The monoisotopic (exact) mass is 492 g/mol. The average Bonchev–Trinajstić information content (AvgIpc) is 3.31. The van der Waals surface area contributed by atoms with Crippen LogP contribution in [0.2, 0.25) is 0 Å². The quantitative estimate of drug-likeness (QED) is 0.262. The average molecular weight is 493 g/mol. The number of para-hydroxylation sites is 1. The van der Waals surface area contributed by atoms with E-state index in [-0.39, 0.29) is 16.4 Å². The summed E-state index contributed by atoms with van der Waals surface area (Å²) in [6.07, 6.45) is 5.59. The van der Waals surface area contributed by atoms with Gasteiger partial charge in [0, 0.05) is 35.5 Å². The van der Waals surface area contributed by atoms with E-state index >= 15 is 0 Å². The van der Waals surface area contributed by atoms with Gasteiger partial charge in [-0.05, 0) is 42.3 Å². The minimum Gasteiger partial charge on any atom is -0.357 e. The molecule has 5 aromatic rings. The Hall–Kier alpha value is -4.86. The summed E-state index contributed by atoms with van der Waals surface area (Å²) >= 11 is 0. The van der Waals surface area contributed by atoms with E-state index in [0.717, 1.165) is 29.0 Å². The summed E-state index contributed by atoms with van der Waals surface area (Å²) in [4.78, 5) is 37.1. The van der Waals surface area contributed by atoms with Crippen LogP contribution < -0.4 is 9.80 Å². The van der Waals surface area contributed by atoms with Crippen molar-refractivity contribution in [1.82, 2.24) is 24.9 Å². The first-order valence-corrected chi connectivity index (χ1v) is 12.0. The molecule has 0 amide bonds. The minimum absolute atomic E-state index is 0.117. The third-order valence-electron chi connectivity index (χ3n) is 6.61. The molecule has 0 bridgehead atoms. The van der Waals surface area contributed by atoms with Gasteiger partial charge in [-0.25, -0.2) is 9.97 Å². The summed E-state index contributed by atoms with van der Waals surface area (Å²) in [5.41, 5.74) is 4.82. The minimum atomic E-state index is -0.380. The molecule has 0 spiro atoms. The van der Waals surface area contributed by atoms with Gasteiger partial charge >= 0.3 is 5.69 Å². The molecule has 6 rings (SSSR count). The fourth-order valence-corrected chi connectivity index (χ4v) is 4.94. The highest BCUT2D eigenvalue weighted by Gasteiger charge is 2.32. The summed E-state index contributed by atoms with van der Waals surface area (Å²) in [6, 6.07) is 19.4. The van der Waals surface area contributed by atoms with Crippen LogP contribution in [0.15, 0.2) is 79.4 Å². The third-order valence-corrected chi connectivity index (χ3v) is 6.61. The van der Waals surface area contributed by atoms with Gasteiger partial charge in [0.05, 0.1) is 35.9 Å². The van der Waals surface area contributed by atoms with Crippen LogP contribution in [0.4, 0.5) is 17.3 Å². The molecule has 37 heavy (non-hydrogen) atoms. The highest BCUT2D eigenvalue weighted by molar-refractivity contribution is 5.85. The Kier molecular flexibility index (Phi) is 5.89. The first-order chi connectivity index (χ1) is 18.2. The van der Waals surface area contributed by atoms with E-state index in [9.17, 15) is 10.1 Å². The van der Waals surface area contributed by atoms with Gasteiger partial charge in [-0.2, -0.15) is 0 Å². The molecule has 184 valence electrons. The molecular formula is C27H24N8O2. The van der Waals surface area contributed by atoms with Gasteiger partial charge in [0.1, 0.15) is 6.33 Å². The lowest BCUT2D eigenvalue weighted by molar-refractivity contribution is -0.383. The topological polar surface area (TPSA) is 117 Å². The lowest BCUT2D eigenvalue weighted by Gasteiger charge is -2.29. The summed E-state index contributed by atoms with van der Waals surface area (Å²) in [5, 5.41) is 13.7. The molecule has 4 aromatic heterocycles. The van der Waals surface area contributed by atoms with Gasteiger partial charge in [0.2, 0.25) is 11.6 Å². The molecule has 0 saturated carbocycles.